The summed E-state index contributed by atoms with van der Waals surface area (Å²) in [7, 11) is 0. The fourth-order valence-electron chi connectivity index (χ4n) is 4.73. The minimum absolute atomic E-state index is 0.0824. The van der Waals surface area contributed by atoms with Crippen molar-refractivity contribution in [3.63, 3.8) is 0 Å². The lowest BCUT2D eigenvalue weighted by atomic mass is 9.94. The summed E-state index contributed by atoms with van der Waals surface area (Å²) < 4.78 is 11.9. The van der Waals surface area contributed by atoms with E-state index in [4.69, 9.17) is 32.7 Å². The molecule has 4 rings (SSSR count). The molecule has 36 heavy (non-hydrogen) atoms. The predicted molar refractivity (Wildman–Crippen MR) is 138 cm³/mol. The second-order valence-electron chi connectivity index (χ2n) is 9.28. The highest BCUT2D eigenvalue weighted by Crippen LogP contribution is 2.29. The number of aliphatic hydroxyl groups excluding tert-OH is 1. The van der Waals surface area contributed by atoms with Gasteiger partial charge in [-0.15, -0.1) is 0 Å². The van der Waals surface area contributed by atoms with Crippen LogP contribution in [-0.4, -0.2) is 66.1 Å². The maximum atomic E-state index is 13.2. The summed E-state index contributed by atoms with van der Waals surface area (Å²) in [6.07, 6.45) is -0.130. The predicted octanol–water partition coefficient (Wildman–Crippen LogP) is 4.40. The number of carbonyl (C=O) groups excluding carboxylic acids is 2. The van der Waals surface area contributed by atoms with Gasteiger partial charge in [0.2, 0.25) is 5.91 Å². The van der Waals surface area contributed by atoms with Gasteiger partial charge in [0.05, 0.1) is 50.5 Å². The number of benzene rings is 2. The molecule has 10 heteroatoms. The van der Waals surface area contributed by atoms with Crippen LogP contribution < -0.4 is 10.6 Å². The zero-order valence-electron chi connectivity index (χ0n) is 20.0. The minimum atomic E-state index is -0.831. The normalized spacial score (nSPS) is 25.2. The third-order valence-corrected chi connectivity index (χ3v) is 6.88. The number of halogens is 2. The van der Waals surface area contributed by atoms with Gasteiger partial charge in [0.25, 0.3) is 0 Å². The Bertz CT molecular complexity index is 1040. The number of nitrogens with one attached hydrogen (secondary N) is 2. The standard InChI is InChI=1S/C26H31Cl2N3O5/c1-16(17-5-3-2-4-6-17)29-25(33)12-22-7-8-23-24(36-22)15-35-14-21(32)13-31(23)26(34)30-20-10-18(27)9-19(28)11-20/h2-6,9-11,16,21-24,32H,7-8,12-15H2,1H3,(H,29,33)(H,30,34)/t16-,21+,22+,23+,24-/m1/s1. The summed E-state index contributed by atoms with van der Waals surface area (Å²) in [4.78, 5) is 27.5. The molecular formula is C26H31Cl2N3O5. The van der Waals surface area contributed by atoms with Crippen molar-refractivity contribution in [3.8, 4) is 0 Å². The van der Waals surface area contributed by atoms with Gasteiger partial charge in [0, 0.05) is 15.7 Å². The Morgan fingerprint density at radius 3 is 2.56 bits per heavy atom. The third-order valence-electron chi connectivity index (χ3n) is 6.45. The highest BCUT2D eigenvalue weighted by molar-refractivity contribution is 6.35. The Balaban J connectivity index is 1.39. The molecule has 194 valence electrons. The first-order valence-corrected chi connectivity index (χ1v) is 12.8. The summed E-state index contributed by atoms with van der Waals surface area (Å²) in [5.41, 5.74) is 1.49. The van der Waals surface area contributed by atoms with E-state index in [1.54, 1.807) is 23.1 Å². The fourth-order valence-corrected chi connectivity index (χ4v) is 5.25. The summed E-state index contributed by atoms with van der Waals surface area (Å²) in [5, 5.41) is 17.0. The van der Waals surface area contributed by atoms with Crippen LogP contribution in [0.15, 0.2) is 48.5 Å². The number of aliphatic hydroxyl groups is 1. The molecule has 5 atom stereocenters. The van der Waals surface area contributed by atoms with Gasteiger partial charge < -0.3 is 30.1 Å². The molecule has 8 nitrogen and oxygen atoms in total. The van der Waals surface area contributed by atoms with Crippen molar-refractivity contribution in [2.45, 2.75) is 56.6 Å². The van der Waals surface area contributed by atoms with Crippen LogP contribution in [-0.2, 0) is 14.3 Å². The first-order valence-electron chi connectivity index (χ1n) is 12.1. The van der Waals surface area contributed by atoms with Gasteiger partial charge in [-0.3, -0.25) is 4.79 Å². The SMILES string of the molecule is C[C@@H](NC(=O)C[C@@H]1CC[C@H]2[C@@H](COC[C@@H](O)CN2C(=O)Nc2cc(Cl)cc(Cl)c2)O1)c1ccccc1. The number of carbonyl (C=O) groups is 2. The van der Waals surface area contributed by atoms with E-state index < -0.39 is 12.2 Å². The van der Waals surface area contributed by atoms with Crippen molar-refractivity contribution in [2.75, 3.05) is 25.1 Å². The molecule has 2 aromatic carbocycles. The Kier molecular flexibility index (Phi) is 9.09. The van der Waals surface area contributed by atoms with Gasteiger partial charge in [-0.2, -0.15) is 0 Å². The van der Waals surface area contributed by atoms with E-state index in [9.17, 15) is 14.7 Å². The van der Waals surface area contributed by atoms with E-state index >= 15 is 0 Å². The van der Waals surface area contributed by atoms with Crippen LogP contribution in [0.1, 0.15) is 37.8 Å². The zero-order chi connectivity index (χ0) is 25.7. The number of ether oxygens (including phenoxy) is 2. The molecule has 3 amide bonds. The van der Waals surface area contributed by atoms with E-state index in [0.29, 0.717) is 28.6 Å². The summed E-state index contributed by atoms with van der Waals surface area (Å²) in [5.74, 6) is -0.0931. The van der Waals surface area contributed by atoms with Crippen LogP contribution in [0.25, 0.3) is 0 Å². The molecule has 0 spiro atoms. The molecule has 0 radical (unpaired) electrons. The van der Waals surface area contributed by atoms with Gasteiger partial charge in [0.15, 0.2) is 0 Å². The number of fused-ring (bicyclic) bond motifs is 1. The largest absolute Gasteiger partial charge is 0.389 e. The molecule has 0 aliphatic carbocycles. The van der Waals surface area contributed by atoms with Crippen molar-refractivity contribution in [2.24, 2.45) is 0 Å². The van der Waals surface area contributed by atoms with Crippen LogP contribution in [0, 0.1) is 0 Å². The van der Waals surface area contributed by atoms with E-state index in [1.807, 2.05) is 37.3 Å². The lowest BCUT2D eigenvalue weighted by Crippen LogP contribution is -2.58. The summed E-state index contributed by atoms with van der Waals surface area (Å²) in [6.45, 7) is 2.33. The van der Waals surface area contributed by atoms with Crippen LogP contribution in [0.2, 0.25) is 10.0 Å². The van der Waals surface area contributed by atoms with Gasteiger partial charge in [-0.25, -0.2) is 4.79 Å². The van der Waals surface area contributed by atoms with Crippen molar-refractivity contribution < 1.29 is 24.2 Å². The Hall–Kier alpha value is -2.36. The van der Waals surface area contributed by atoms with Crippen molar-refractivity contribution >= 4 is 40.8 Å². The Morgan fingerprint density at radius 2 is 1.83 bits per heavy atom. The highest BCUT2D eigenvalue weighted by Gasteiger charge is 2.40. The molecule has 2 fully saturated rings. The first kappa shape index (κ1) is 26.7. The second kappa shape index (κ2) is 12.3. The van der Waals surface area contributed by atoms with Gasteiger partial charge in [-0.1, -0.05) is 53.5 Å². The topological polar surface area (TPSA) is 100 Å². The van der Waals surface area contributed by atoms with E-state index in [-0.39, 0.29) is 56.3 Å². The molecule has 3 N–H and O–H groups in total. The third kappa shape index (κ3) is 7.11. The van der Waals surface area contributed by atoms with Gasteiger partial charge in [-0.05, 0) is 43.5 Å². The number of amides is 3. The number of hydrogen-bond acceptors (Lipinski definition) is 5. The second-order valence-corrected chi connectivity index (χ2v) is 10.2. The van der Waals surface area contributed by atoms with Crippen LogP contribution >= 0.6 is 23.2 Å². The van der Waals surface area contributed by atoms with Gasteiger partial charge in [0.1, 0.15) is 6.10 Å². The monoisotopic (exact) mass is 535 g/mol. The van der Waals surface area contributed by atoms with Crippen LogP contribution in [0.3, 0.4) is 0 Å². The highest BCUT2D eigenvalue weighted by atomic mass is 35.5. The number of rotatable bonds is 5. The van der Waals surface area contributed by atoms with Crippen molar-refractivity contribution in [3.05, 3.63) is 64.1 Å². The van der Waals surface area contributed by atoms with Crippen molar-refractivity contribution in [1.82, 2.24) is 10.2 Å². The van der Waals surface area contributed by atoms with Crippen molar-refractivity contribution in [1.29, 1.82) is 0 Å². The molecular weight excluding hydrogens is 505 g/mol. The van der Waals surface area contributed by atoms with E-state index in [0.717, 1.165) is 5.56 Å². The summed E-state index contributed by atoms with van der Waals surface area (Å²) in [6, 6.07) is 13.7. The number of hydrogen-bond donors (Lipinski definition) is 3. The summed E-state index contributed by atoms with van der Waals surface area (Å²) >= 11 is 12.1. The first-order chi connectivity index (χ1) is 17.3. The molecule has 2 aliphatic rings. The average Bonchev–Trinajstić information content (AvgIpc) is 2.81. The zero-order valence-corrected chi connectivity index (χ0v) is 21.5. The van der Waals surface area contributed by atoms with Crippen LogP contribution in [0.5, 0.6) is 0 Å². The maximum Gasteiger partial charge on any atom is 0.322 e. The van der Waals surface area contributed by atoms with Crippen LogP contribution in [0.4, 0.5) is 10.5 Å². The van der Waals surface area contributed by atoms with E-state index in [1.165, 1.54) is 0 Å². The number of nitrogens with zero attached hydrogens (tertiary/aromatic N) is 1. The van der Waals surface area contributed by atoms with E-state index in [2.05, 4.69) is 10.6 Å². The molecule has 2 saturated heterocycles. The van der Waals surface area contributed by atoms with Gasteiger partial charge >= 0.3 is 6.03 Å². The average molecular weight is 536 g/mol. The molecule has 0 unspecified atom stereocenters. The number of urea groups is 1. The number of β-amino-alcohol motifs (C(OH)–C–C–N with tert-alkyl or cyclic N) is 1. The fraction of sp³-hybridized carbons (Fsp3) is 0.462. The molecule has 2 aliphatic heterocycles. The Labute approximate surface area is 220 Å². The lowest BCUT2D eigenvalue weighted by molar-refractivity contribution is -0.150. The number of anilines is 1. The maximum absolute atomic E-state index is 13.2. The molecule has 2 heterocycles. The molecule has 0 saturated carbocycles. The minimum Gasteiger partial charge on any atom is -0.389 e. The quantitative estimate of drug-likeness (QED) is 0.526. The molecule has 0 bridgehead atoms. The molecule has 0 aromatic heterocycles. The smallest absolute Gasteiger partial charge is 0.322 e. The molecule has 2 aromatic rings. The Morgan fingerprint density at radius 1 is 1.11 bits per heavy atom. The lowest BCUT2D eigenvalue weighted by Gasteiger charge is -2.44.